The van der Waals surface area contributed by atoms with Crippen molar-refractivity contribution in [2.24, 2.45) is 0 Å². The molecule has 1 aromatic carbocycles. The topological polar surface area (TPSA) is 55.6 Å². The van der Waals surface area contributed by atoms with Crippen LogP contribution in [-0.2, 0) is 0 Å². The van der Waals surface area contributed by atoms with E-state index < -0.39 is 0 Å². The zero-order valence-corrected chi connectivity index (χ0v) is 10.7. The zero-order chi connectivity index (χ0) is 13.1. The quantitative estimate of drug-likeness (QED) is 0.897. The van der Waals surface area contributed by atoms with Crippen molar-refractivity contribution < 1.29 is 4.39 Å². The maximum atomic E-state index is 13.9. The van der Waals surface area contributed by atoms with Crippen molar-refractivity contribution in [2.45, 2.75) is 26.8 Å². The van der Waals surface area contributed by atoms with E-state index >= 15 is 0 Å². The second-order valence-electron chi connectivity index (χ2n) is 4.18. The Morgan fingerprint density at radius 2 is 2.22 bits per heavy atom. The molecule has 2 rings (SSSR count). The van der Waals surface area contributed by atoms with Crippen LogP contribution in [0.4, 0.5) is 4.39 Å². The lowest BCUT2D eigenvalue weighted by atomic mass is 10.2. The van der Waals surface area contributed by atoms with Crippen LogP contribution in [0.3, 0.4) is 0 Å². The second-order valence-corrected chi connectivity index (χ2v) is 4.18. The van der Waals surface area contributed by atoms with Crippen molar-refractivity contribution in [2.75, 3.05) is 6.54 Å². The summed E-state index contributed by atoms with van der Waals surface area (Å²) in [5.41, 5.74) is 1.23. The highest BCUT2D eigenvalue weighted by Gasteiger charge is 2.17. The van der Waals surface area contributed by atoms with Crippen LogP contribution >= 0.6 is 0 Å². The SMILES string of the molecule is CCNC(C)c1nnnn1-c1ccc(C)cc1F. The highest BCUT2D eigenvalue weighted by molar-refractivity contribution is 5.36. The molecule has 0 aliphatic rings. The van der Waals surface area contributed by atoms with Gasteiger partial charge >= 0.3 is 0 Å². The van der Waals surface area contributed by atoms with E-state index in [1.807, 2.05) is 26.8 Å². The fraction of sp³-hybridized carbons (Fsp3) is 0.417. The van der Waals surface area contributed by atoms with E-state index in [1.165, 1.54) is 10.7 Å². The monoisotopic (exact) mass is 249 g/mol. The maximum absolute atomic E-state index is 13.9. The Bertz CT molecular complexity index is 537. The van der Waals surface area contributed by atoms with Gasteiger partial charge in [-0.05, 0) is 48.5 Å². The Morgan fingerprint density at radius 1 is 1.44 bits per heavy atom. The number of halogens is 1. The molecule has 2 aromatic rings. The summed E-state index contributed by atoms with van der Waals surface area (Å²) >= 11 is 0. The van der Waals surface area contributed by atoms with E-state index in [9.17, 15) is 4.39 Å². The minimum Gasteiger partial charge on any atom is -0.308 e. The molecule has 0 bridgehead atoms. The van der Waals surface area contributed by atoms with Crippen molar-refractivity contribution in [3.8, 4) is 5.69 Å². The van der Waals surface area contributed by atoms with E-state index in [0.717, 1.165) is 12.1 Å². The van der Waals surface area contributed by atoms with Crippen LogP contribution in [0.15, 0.2) is 18.2 Å². The minimum absolute atomic E-state index is 0.0364. The third kappa shape index (κ3) is 2.38. The van der Waals surface area contributed by atoms with Gasteiger partial charge in [-0.2, -0.15) is 4.68 Å². The van der Waals surface area contributed by atoms with Gasteiger partial charge in [-0.3, -0.25) is 0 Å². The molecule has 0 aliphatic heterocycles. The molecule has 1 unspecified atom stereocenters. The first-order valence-corrected chi connectivity index (χ1v) is 5.91. The van der Waals surface area contributed by atoms with Gasteiger partial charge in [0.1, 0.15) is 11.5 Å². The minimum atomic E-state index is -0.327. The molecular formula is C12H16FN5. The number of aryl methyl sites for hydroxylation is 1. The molecule has 0 aliphatic carbocycles. The highest BCUT2D eigenvalue weighted by atomic mass is 19.1. The zero-order valence-electron chi connectivity index (χ0n) is 10.7. The predicted octanol–water partition coefficient (Wildman–Crippen LogP) is 1.78. The van der Waals surface area contributed by atoms with Gasteiger partial charge < -0.3 is 5.32 Å². The Hall–Kier alpha value is -1.82. The van der Waals surface area contributed by atoms with Crippen LogP contribution in [0.1, 0.15) is 31.3 Å². The first-order chi connectivity index (χ1) is 8.63. The lowest BCUT2D eigenvalue weighted by Gasteiger charge is -2.12. The molecule has 0 amide bonds. The summed E-state index contributed by atoms with van der Waals surface area (Å²) in [5, 5.41) is 14.6. The summed E-state index contributed by atoms with van der Waals surface area (Å²) in [6, 6.07) is 4.95. The second kappa shape index (κ2) is 5.22. The van der Waals surface area contributed by atoms with Crippen LogP contribution in [0.2, 0.25) is 0 Å². The molecule has 1 atom stereocenters. The maximum Gasteiger partial charge on any atom is 0.173 e. The van der Waals surface area contributed by atoms with Crippen molar-refractivity contribution >= 4 is 0 Å². The fourth-order valence-electron chi connectivity index (χ4n) is 1.82. The van der Waals surface area contributed by atoms with Gasteiger partial charge in [0.25, 0.3) is 0 Å². The molecule has 0 radical (unpaired) electrons. The van der Waals surface area contributed by atoms with E-state index in [1.54, 1.807) is 6.07 Å². The Morgan fingerprint density at radius 3 is 2.89 bits per heavy atom. The van der Waals surface area contributed by atoms with Crippen LogP contribution in [0.5, 0.6) is 0 Å². The number of benzene rings is 1. The summed E-state index contributed by atoms with van der Waals surface area (Å²) in [7, 11) is 0. The molecule has 1 N–H and O–H groups in total. The smallest absolute Gasteiger partial charge is 0.173 e. The van der Waals surface area contributed by atoms with Crippen molar-refractivity contribution in [3.63, 3.8) is 0 Å². The van der Waals surface area contributed by atoms with Crippen LogP contribution in [-0.4, -0.2) is 26.8 Å². The molecule has 96 valence electrons. The molecule has 0 saturated heterocycles. The number of nitrogens with zero attached hydrogens (tertiary/aromatic N) is 4. The van der Waals surface area contributed by atoms with E-state index in [4.69, 9.17) is 0 Å². The lowest BCUT2D eigenvalue weighted by molar-refractivity contribution is 0.540. The highest BCUT2D eigenvalue weighted by Crippen LogP contribution is 2.17. The molecule has 5 nitrogen and oxygen atoms in total. The van der Waals surface area contributed by atoms with Crippen molar-refractivity contribution in [1.82, 2.24) is 25.5 Å². The third-order valence-electron chi connectivity index (χ3n) is 2.72. The van der Waals surface area contributed by atoms with Gasteiger partial charge in [0.05, 0.1) is 6.04 Å². The third-order valence-corrected chi connectivity index (χ3v) is 2.72. The average Bonchev–Trinajstić information content (AvgIpc) is 2.78. The number of aromatic nitrogens is 4. The van der Waals surface area contributed by atoms with Gasteiger partial charge in [-0.1, -0.05) is 13.0 Å². The normalized spacial score (nSPS) is 12.7. The molecule has 0 saturated carbocycles. The van der Waals surface area contributed by atoms with Crippen LogP contribution < -0.4 is 5.32 Å². The predicted molar refractivity (Wildman–Crippen MR) is 65.9 cm³/mol. The van der Waals surface area contributed by atoms with Gasteiger partial charge in [-0.25, -0.2) is 4.39 Å². The van der Waals surface area contributed by atoms with Crippen LogP contribution in [0.25, 0.3) is 5.69 Å². The van der Waals surface area contributed by atoms with E-state index in [2.05, 4.69) is 20.8 Å². The summed E-state index contributed by atoms with van der Waals surface area (Å²) in [5.74, 6) is 0.270. The molecule has 0 spiro atoms. The van der Waals surface area contributed by atoms with E-state index in [0.29, 0.717) is 11.5 Å². The van der Waals surface area contributed by atoms with Crippen molar-refractivity contribution in [1.29, 1.82) is 0 Å². The molecular weight excluding hydrogens is 233 g/mol. The molecule has 18 heavy (non-hydrogen) atoms. The summed E-state index contributed by atoms with van der Waals surface area (Å²) in [4.78, 5) is 0. The largest absolute Gasteiger partial charge is 0.308 e. The number of rotatable bonds is 4. The van der Waals surface area contributed by atoms with Crippen molar-refractivity contribution in [3.05, 3.63) is 35.4 Å². The number of hydrogen-bond donors (Lipinski definition) is 1. The molecule has 1 aromatic heterocycles. The van der Waals surface area contributed by atoms with Gasteiger partial charge in [0, 0.05) is 0 Å². The summed E-state index contributed by atoms with van der Waals surface area (Å²) in [6.07, 6.45) is 0. The Kier molecular flexibility index (Phi) is 3.66. The number of tetrazole rings is 1. The average molecular weight is 249 g/mol. The Labute approximate surface area is 105 Å². The number of nitrogens with one attached hydrogen (secondary N) is 1. The molecule has 1 heterocycles. The van der Waals surface area contributed by atoms with Crippen LogP contribution in [0, 0.1) is 12.7 Å². The molecule has 6 heteroatoms. The summed E-state index contributed by atoms with van der Waals surface area (Å²) in [6.45, 7) is 6.58. The van der Waals surface area contributed by atoms with Gasteiger partial charge in [-0.15, -0.1) is 5.10 Å². The Balaban J connectivity index is 2.42. The first-order valence-electron chi connectivity index (χ1n) is 5.91. The fourth-order valence-corrected chi connectivity index (χ4v) is 1.82. The standard InChI is InChI=1S/C12H16FN5/c1-4-14-9(3)12-15-16-17-18(12)11-6-5-8(2)7-10(11)13/h5-7,9,14H,4H2,1-3H3. The van der Waals surface area contributed by atoms with Gasteiger partial charge in [0.2, 0.25) is 0 Å². The lowest BCUT2D eigenvalue weighted by Crippen LogP contribution is -2.22. The van der Waals surface area contributed by atoms with Gasteiger partial charge in [0.15, 0.2) is 5.82 Å². The van der Waals surface area contributed by atoms with E-state index in [-0.39, 0.29) is 11.9 Å². The summed E-state index contributed by atoms with van der Waals surface area (Å²) < 4.78 is 15.3. The first kappa shape index (κ1) is 12.6. The molecule has 0 fully saturated rings. The number of hydrogen-bond acceptors (Lipinski definition) is 4.